The molecular formula is C38H71N7O2. The SMILES string of the molecule is CCCCN1CN(CCC)C2C(CCN2[C@@H]2C[C@H](CN(C)C3CC(CCC4NC5CCC(C6(C)CCC6)CC5N4)C3)[C@@H](O)[C@H]2O)C1N. The fourth-order valence-corrected chi connectivity index (χ4v) is 11.7. The number of hydrogen-bond donors (Lipinski definition) is 5. The molecule has 9 heteroatoms. The molecule has 0 radical (unpaired) electrons. The number of nitrogens with zero attached hydrogens (tertiary/aromatic N) is 4. The summed E-state index contributed by atoms with van der Waals surface area (Å²) in [6.07, 6.45) is 18.6. The Morgan fingerprint density at radius 1 is 0.894 bits per heavy atom. The van der Waals surface area contributed by atoms with Crippen molar-refractivity contribution in [2.75, 3.05) is 39.9 Å². The molecule has 4 saturated carbocycles. The number of aliphatic hydroxyl groups is 2. The van der Waals surface area contributed by atoms with Crippen molar-refractivity contribution >= 4 is 0 Å². The van der Waals surface area contributed by atoms with E-state index >= 15 is 0 Å². The first-order valence-electron chi connectivity index (χ1n) is 20.3. The third-order valence-electron chi connectivity index (χ3n) is 14.9. The molecule has 11 atom stereocenters. The smallest absolute Gasteiger partial charge is 0.0957 e. The number of nitrogens with one attached hydrogen (secondary N) is 2. The molecule has 3 saturated heterocycles. The number of unbranched alkanes of at least 4 members (excludes halogenated alkanes) is 1. The summed E-state index contributed by atoms with van der Waals surface area (Å²) < 4.78 is 0. The highest BCUT2D eigenvalue weighted by Crippen LogP contribution is 2.52. The Balaban J connectivity index is 0.858. The first-order chi connectivity index (χ1) is 22.7. The van der Waals surface area contributed by atoms with Gasteiger partial charge in [0.05, 0.1) is 37.4 Å². The van der Waals surface area contributed by atoms with Gasteiger partial charge in [0.25, 0.3) is 0 Å². The highest BCUT2D eigenvalue weighted by Gasteiger charge is 2.54. The summed E-state index contributed by atoms with van der Waals surface area (Å²) in [5.74, 6) is 2.27. The fourth-order valence-electron chi connectivity index (χ4n) is 11.7. The summed E-state index contributed by atoms with van der Waals surface area (Å²) in [5, 5.41) is 30.7. The van der Waals surface area contributed by atoms with Gasteiger partial charge in [-0.05, 0) is 108 Å². The second kappa shape index (κ2) is 14.7. The molecule has 47 heavy (non-hydrogen) atoms. The minimum Gasteiger partial charge on any atom is -0.390 e. The zero-order valence-electron chi connectivity index (χ0n) is 30.4. The van der Waals surface area contributed by atoms with E-state index in [-0.39, 0.29) is 24.3 Å². The lowest BCUT2D eigenvalue weighted by molar-refractivity contribution is -0.101. The van der Waals surface area contributed by atoms with Gasteiger partial charge < -0.3 is 20.8 Å². The molecule has 7 fully saturated rings. The van der Waals surface area contributed by atoms with Crippen LogP contribution in [0.3, 0.4) is 0 Å². The molecule has 0 amide bonds. The van der Waals surface area contributed by atoms with Crippen LogP contribution < -0.4 is 16.4 Å². The topological polar surface area (TPSA) is 104 Å². The largest absolute Gasteiger partial charge is 0.390 e. The summed E-state index contributed by atoms with van der Waals surface area (Å²) in [7, 11) is 2.26. The average Bonchev–Trinajstić information content (AvgIpc) is 3.72. The molecule has 3 heterocycles. The predicted octanol–water partition coefficient (Wildman–Crippen LogP) is 3.55. The van der Waals surface area contributed by atoms with Crippen LogP contribution in [0.2, 0.25) is 0 Å². The third-order valence-corrected chi connectivity index (χ3v) is 14.9. The van der Waals surface area contributed by atoms with E-state index in [0.717, 1.165) is 63.9 Å². The molecule has 0 spiro atoms. The van der Waals surface area contributed by atoms with Crippen LogP contribution >= 0.6 is 0 Å². The lowest BCUT2D eigenvalue weighted by atomic mass is 9.58. The Hall–Kier alpha value is -0.360. The Kier molecular flexibility index (Phi) is 11.0. The minimum atomic E-state index is -0.680. The fraction of sp³-hybridized carbons (Fsp3) is 1.00. The number of hydrogen-bond acceptors (Lipinski definition) is 9. The van der Waals surface area contributed by atoms with Crippen LogP contribution in [0.15, 0.2) is 0 Å². The van der Waals surface area contributed by atoms with Gasteiger partial charge in [0.15, 0.2) is 0 Å². The van der Waals surface area contributed by atoms with Gasteiger partial charge >= 0.3 is 0 Å². The van der Waals surface area contributed by atoms with Crippen molar-refractivity contribution in [2.45, 2.75) is 172 Å². The van der Waals surface area contributed by atoms with E-state index in [1.807, 2.05) is 0 Å². The Morgan fingerprint density at radius 3 is 2.40 bits per heavy atom. The highest BCUT2D eigenvalue weighted by atomic mass is 16.3. The monoisotopic (exact) mass is 658 g/mol. The number of aliphatic hydroxyl groups excluding tert-OH is 2. The molecule has 7 rings (SSSR count). The normalized spacial score (nSPS) is 45.6. The summed E-state index contributed by atoms with van der Waals surface area (Å²) >= 11 is 0. The predicted molar refractivity (Wildman–Crippen MR) is 189 cm³/mol. The minimum absolute atomic E-state index is 0.0169. The summed E-state index contributed by atoms with van der Waals surface area (Å²) in [5.41, 5.74) is 7.54. The summed E-state index contributed by atoms with van der Waals surface area (Å²) in [4.78, 5) is 10.2. The van der Waals surface area contributed by atoms with Crippen LogP contribution in [0.4, 0.5) is 0 Å². The van der Waals surface area contributed by atoms with Crippen LogP contribution in [-0.4, -0.2) is 125 Å². The third kappa shape index (κ3) is 6.97. The van der Waals surface area contributed by atoms with E-state index in [1.165, 1.54) is 77.0 Å². The van der Waals surface area contributed by atoms with Crippen LogP contribution in [0.5, 0.6) is 0 Å². The van der Waals surface area contributed by atoms with E-state index < -0.39 is 12.2 Å². The van der Waals surface area contributed by atoms with E-state index in [1.54, 1.807) is 0 Å². The van der Waals surface area contributed by atoms with Gasteiger partial charge in [-0.15, -0.1) is 0 Å². The number of nitrogens with two attached hydrogens (primary N) is 1. The van der Waals surface area contributed by atoms with Gasteiger partial charge in [0.2, 0.25) is 0 Å². The molecule has 0 bridgehead atoms. The van der Waals surface area contributed by atoms with Gasteiger partial charge in [-0.2, -0.15) is 0 Å². The van der Waals surface area contributed by atoms with Crippen molar-refractivity contribution in [1.82, 2.24) is 30.2 Å². The second-order valence-electron chi connectivity index (χ2n) is 17.9. The van der Waals surface area contributed by atoms with Gasteiger partial charge in [-0.25, -0.2) is 0 Å². The van der Waals surface area contributed by atoms with Crippen LogP contribution in [0.25, 0.3) is 0 Å². The molecular weight excluding hydrogens is 586 g/mol. The lowest BCUT2D eigenvalue weighted by Gasteiger charge is -2.51. The maximum absolute atomic E-state index is 11.4. The molecule has 0 aromatic heterocycles. The molecule has 3 aliphatic heterocycles. The average molecular weight is 658 g/mol. The lowest BCUT2D eigenvalue weighted by Crippen LogP contribution is -2.66. The van der Waals surface area contributed by atoms with Crippen LogP contribution in [0.1, 0.15) is 117 Å². The molecule has 0 aromatic rings. The summed E-state index contributed by atoms with van der Waals surface area (Å²) in [6, 6.07) is 2.00. The van der Waals surface area contributed by atoms with Gasteiger partial charge in [-0.3, -0.25) is 25.3 Å². The highest BCUT2D eigenvalue weighted by molar-refractivity contribution is 5.06. The van der Waals surface area contributed by atoms with Crippen molar-refractivity contribution in [1.29, 1.82) is 0 Å². The van der Waals surface area contributed by atoms with E-state index in [2.05, 4.69) is 58.1 Å². The molecule has 9 nitrogen and oxygen atoms in total. The molecule has 4 aliphatic carbocycles. The number of rotatable bonds is 13. The maximum atomic E-state index is 11.4. The van der Waals surface area contributed by atoms with E-state index in [0.29, 0.717) is 35.6 Å². The van der Waals surface area contributed by atoms with E-state index in [9.17, 15) is 10.2 Å². The first kappa shape index (κ1) is 35.1. The van der Waals surface area contributed by atoms with Crippen molar-refractivity contribution in [2.24, 2.45) is 34.8 Å². The number of likely N-dealkylation sites (tertiary alicyclic amines) is 1. The Bertz CT molecular complexity index is 1020. The van der Waals surface area contributed by atoms with Gasteiger partial charge in [-0.1, -0.05) is 33.6 Å². The maximum Gasteiger partial charge on any atom is 0.0957 e. The quantitative estimate of drug-likeness (QED) is 0.204. The van der Waals surface area contributed by atoms with E-state index in [4.69, 9.17) is 5.73 Å². The standard InChI is InChI=1S/C38H71N7O2/c1-5-7-17-43-24-44(16-6-2)37-29(36(43)39)13-18-45(37)32-21-26(34(46)35(32)47)23-42(4)28-19-25(20-28)9-12-33-40-30-11-10-27(22-31(30)41-33)38(3)14-8-15-38/h25-37,40-41,46-47H,5-24,39H2,1-4H3/t25?,26-,27?,28?,29?,30?,31?,32-,33?,34-,35+,36?,37?/m1/s1. The molecule has 6 N–H and O–H groups in total. The van der Waals surface area contributed by atoms with Crippen molar-refractivity contribution < 1.29 is 10.2 Å². The zero-order valence-corrected chi connectivity index (χ0v) is 30.4. The van der Waals surface area contributed by atoms with Crippen molar-refractivity contribution in [3.05, 3.63) is 0 Å². The molecule has 270 valence electrons. The summed E-state index contributed by atoms with van der Waals surface area (Å²) in [6.45, 7) is 12.0. The number of fused-ring (bicyclic) bond motifs is 2. The van der Waals surface area contributed by atoms with Crippen LogP contribution in [0, 0.1) is 29.1 Å². The van der Waals surface area contributed by atoms with Crippen molar-refractivity contribution in [3.8, 4) is 0 Å². The molecule has 7 aliphatic rings. The Morgan fingerprint density at radius 2 is 1.68 bits per heavy atom. The Labute approximate surface area is 286 Å². The molecule has 0 aromatic carbocycles. The van der Waals surface area contributed by atoms with Gasteiger partial charge in [0, 0.05) is 62.2 Å². The van der Waals surface area contributed by atoms with Gasteiger partial charge in [0.1, 0.15) is 0 Å². The van der Waals surface area contributed by atoms with Crippen LogP contribution in [-0.2, 0) is 0 Å². The molecule has 7 unspecified atom stereocenters. The second-order valence-corrected chi connectivity index (χ2v) is 17.9. The van der Waals surface area contributed by atoms with Crippen molar-refractivity contribution in [3.63, 3.8) is 0 Å². The zero-order chi connectivity index (χ0) is 32.9. The first-order valence-corrected chi connectivity index (χ1v) is 20.3.